The lowest BCUT2D eigenvalue weighted by molar-refractivity contribution is 0.601. The van der Waals surface area contributed by atoms with Gasteiger partial charge in [-0.05, 0) is 30.7 Å². The maximum absolute atomic E-state index is 12.9. The van der Waals surface area contributed by atoms with Gasteiger partial charge in [-0.3, -0.25) is 9.71 Å². The van der Waals surface area contributed by atoms with Gasteiger partial charge in [0.1, 0.15) is 4.90 Å². The number of benzene rings is 1. The summed E-state index contributed by atoms with van der Waals surface area (Å²) in [4.78, 5) is 9.80. The molecule has 7 nitrogen and oxygen atoms in total. The van der Waals surface area contributed by atoms with Crippen LogP contribution >= 0.6 is 11.3 Å². The zero-order valence-corrected chi connectivity index (χ0v) is 18.3. The standard InChI is InChI=1S/C20H23N5O2S2/c1-12(2)20-22-11-18(28-20)16-9-8-14(10-21-16)29(26,27)24-17-7-5-6-15-13(3)23-25(4)19(15)17/h5-13,23-24H,1-4H3. The molecule has 0 bridgehead atoms. The van der Waals surface area contributed by atoms with E-state index in [0.29, 0.717) is 17.3 Å². The van der Waals surface area contributed by atoms with Crippen LogP contribution in [0.3, 0.4) is 0 Å². The average Bonchev–Trinajstić information content (AvgIpc) is 3.28. The number of fused-ring (bicyclic) bond motifs is 1. The monoisotopic (exact) mass is 429 g/mol. The van der Waals surface area contributed by atoms with Crippen molar-refractivity contribution in [2.24, 2.45) is 0 Å². The molecule has 3 heterocycles. The van der Waals surface area contributed by atoms with Crippen molar-refractivity contribution in [1.29, 1.82) is 0 Å². The highest BCUT2D eigenvalue weighted by Gasteiger charge is 2.27. The van der Waals surface area contributed by atoms with Gasteiger partial charge in [0.15, 0.2) is 0 Å². The van der Waals surface area contributed by atoms with Crippen molar-refractivity contribution in [2.45, 2.75) is 37.6 Å². The predicted molar refractivity (Wildman–Crippen MR) is 117 cm³/mol. The third-order valence-electron chi connectivity index (χ3n) is 4.82. The number of nitrogens with one attached hydrogen (secondary N) is 2. The Morgan fingerprint density at radius 1 is 1.17 bits per heavy atom. The van der Waals surface area contributed by atoms with E-state index in [-0.39, 0.29) is 10.9 Å². The molecule has 0 aliphatic carbocycles. The summed E-state index contributed by atoms with van der Waals surface area (Å²) in [6, 6.07) is 9.02. The van der Waals surface area contributed by atoms with Crippen LogP contribution in [-0.2, 0) is 10.0 Å². The second-order valence-electron chi connectivity index (χ2n) is 7.36. The molecule has 4 rings (SSSR count). The van der Waals surface area contributed by atoms with E-state index in [9.17, 15) is 8.42 Å². The zero-order valence-electron chi connectivity index (χ0n) is 16.7. The molecular weight excluding hydrogens is 406 g/mol. The van der Waals surface area contributed by atoms with E-state index in [4.69, 9.17) is 0 Å². The molecule has 1 atom stereocenters. The maximum Gasteiger partial charge on any atom is 0.263 e. The second-order valence-corrected chi connectivity index (χ2v) is 10.1. The van der Waals surface area contributed by atoms with E-state index >= 15 is 0 Å². The molecule has 2 N–H and O–H groups in total. The van der Waals surface area contributed by atoms with Gasteiger partial charge in [0, 0.05) is 25.4 Å². The first kappa shape index (κ1) is 19.8. The molecular formula is C20H23N5O2S2. The summed E-state index contributed by atoms with van der Waals surface area (Å²) in [5.41, 5.74) is 6.40. The van der Waals surface area contributed by atoms with E-state index in [0.717, 1.165) is 21.1 Å². The molecule has 1 aliphatic heterocycles. The van der Waals surface area contributed by atoms with Crippen LogP contribution in [0.25, 0.3) is 10.6 Å². The Morgan fingerprint density at radius 3 is 2.62 bits per heavy atom. The molecule has 1 unspecified atom stereocenters. The second kappa shape index (κ2) is 7.40. The third-order valence-corrected chi connectivity index (χ3v) is 7.49. The van der Waals surface area contributed by atoms with E-state index < -0.39 is 10.0 Å². The largest absolute Gasteiger partial charge is 0.308 e. The number of para-hydroxylation sites is 1. The van der Waals surface area contributed by atoms with E-state index in [1.54, 1.807) is 35.7 Å². The molecule has 1 aromatic carbocycles. The highest BCUT2D eigenvalue weighted by molar-refractivity contribution is 7.92. The Hall–Kier alpha value is -2.49. The quantitative estimate of drug-likeness (QED) is 0.634. The SMILES string of the molecule is CC(C)c1ncc(-c2ccc(S(=O)(=O)Nc3cccc4c3N(C)NC4C)cn2)s1. The summed E-state index contributed by atoms with van der Waals surface area (Å²) in [6.45, 7) is 6.21. The molecule has 3 aromatic rings. The number of nitrogens with zero attached hydrogens (tertiary/aromatic N) is 3. The number of hydrogen-bond donors (Lipinski definition) is 2. The number of hydrogen-bond acceptors (Lipinski definition) is 7. The van der Waals surface area contributed by atoms with Gasteiger partial charge in [-0.25, -0.2) is 18.8 Å². The fourth-order valence-corrected chi connectivity index (χ4v) is 5.26. The van der Waals surface area contributed by atoms with Crippen LogP contribution in [-0.4, -0.2) is 25.4 Å². The number of hydrazine groups is 1. The van der Waals surface area contributed by atoms with Crippen molar-refractivity contribution < 1.29 is 8.42 Å². The molecule has 0 saturated heterocycles. The van der Waals surface area contributed by atoms with Crippen molar-refractivity contribution in [3.63, 3.8) is 0 Å². The molecule has 0 radical (unpaired) electrons. The summed E-state index contributed by atoms with van der Waals surface area (Å²) in [6.07, 6.45) is 3.17. The summed E-state index contributed by atoms with van der Waals surface area (Å²) in [5.74, 6) is 0.348. The van der Waals surface area contributed by atoms with Crippen LogP contribution in [0, 0.1) is 0 Å². The van der Waals surface area contributed by atoms with Crippen molar-refractivity contribution in [3.05, 3.63) is 53.3 Å². The van der Waals surface area contributed by atoms with Crippen LogP contribution in [0.2, 0.25) is 0 Å². The van der Waals surface area contributed by atoms with Crippen LogP contribution in [0.5, 0.6) is 0 Å². The molecule has 152 valence electrons. The fraction of sp³-hybridized carbons (Fsp3) is 0.300. The van der Waals surface area contributed by atoms with E-state index in [2.05, 4.69) is 34.0 Å². The minimum atomic E-state index is -3.76. The number of thiazole rings is 1. The van der Waals surface area contributed by atoms with Gasteiger partial charge in [0.2, 0.25) is 0 Å². The topological polar surface area (TPSA) is 87.2 Å². The first-order chi connectivity index (χ1) is 13.8. The Bertz CT molecular complexity index is 1140. The molecule has 0 saturated carbocycles. The summed E-state index contributed by atoms with van der Waals surface area (Å²) in [5, 5.41) is 2.88. The van der Waals surface area contributed by atoms with Gasteiger partial charge in [-0.1, -0.05) is 26.0 Å². The first-order valence-corrected chi connectivity index (χ1v) is 11.6. The minimum absolute atomic E-state index is 0.120. The predicted octanol–water partition coefficient (Wildman–Crippen LogP) is 4.14. The van der Waals surface area contributed by atoms with Crippen molar-refractivity contribution in [3.8, 4) is 10.6 Å². The summed E-state index contributed by atoms with van der Waals surface area (Å²) < 4.78 is 28.6. The van der Waals surface area contributed by atoms with Crippen molar-refractivity contribution in [2.75, 3.05) is 16.8 Å². The Balaban J connectivity index is 1.60. The highest BCUT2D eigenvalue weighted by atomic mass is 32.2. The van der Waals surface area contributed by atoms with Gasteiger partial charge < -0.3 is 5.01 Å². The van der Waals surface area contributed by atoms with Crippen LogP contribution < -0.4 is 15.2 Å². The smallest absolute Gasteiger partial charge is 0.263 e. The van der Waals surface area contributed by atoms with Crippen LogP contribution in [0.1, 0.15) is 43.3 Å². The number of aromatic nitrogens is 2. The number of anilines is 2. The maximum atomic E-state index is 12.9. The molecule has 0 spiro atoms. The number of pyridine rings is 1. The lowest BCUT2D eigenvalue weighted by atomic mass is 10.1. The summed E-state index contributed by atoms with van der Waals surface area (Å²) in [7, 11) is -1.89. The average molecular weight is 430 g/mol. The summed E-state index contributed by atoms with van der Waals surface area (Å²) >= 11 is 1.57. The molecule has 1 aliphatic rings. The van der Waals surface area contributed by atoms with E-state index in [1.165, 1.54) is 6.20 Å². The van der Waals surface area contributed by atoms with Gasteiger partial charge in [-0.2, -0.15) is 0 Å². The van der Waals surface area contributed by atoms with Gasteiger partial charge >= 0.3 is 0 Å². The molecule has 0 amide bonds. The van der Waals surface area contributed by atoms with Gasteiger partial charge in [0.25, 0.3) is 10.0 Å². The van der Waals surface area contributed by atoms with E-state index in [1.807, 2.05) is 31.1 Å². The van der Waals surface area contributed by atoms with Crippen molar-refractivity contribution >= 4 is 32.7 Å². The Morgan fingerprint density at radius 2 is 1.97 bits per heavy atom. The number of rotatable bonds is 5. The molecule has 2 aromatic heterocycles. The lowest BCUT2D eigenvalue weighted by Gasteiger charge is -2.17. The van der Waals surface area contributed by atoms with Gasteiger partial charge in [-0.15, -0.1) is 11.3 Å². The Labute approximate surface area is 174 Å². The van der Waals surface area contributed by atoms with Gasteiger partial charge in [0.05, 0.1) is 33.0 Å². The minimum Gasteiger partial charge on any atom is -0.308 e. The lowest BCUT2D eigenvalue weighted by Crippen LogP contribution is -2.29. The molecule has 9 heteroatoms. The fourth-order valence-electron chi connectivity index (χ4n) is 3.35. The zero-order chi connectivity index (χ0) is 20.8. The first-order valence-electron chi connectivity index (χ1n) is 9.34. The number of sulfonamides is 1. The van der Waals surface area contributed by atoms with Crippen LogP contribution in [0.15, 0.2) is 47.6 Å². The van der Waals surface area contributed by atoms with Crippen molar-refractivity contribution in [1.82, 2.24) is 15.4 Å². The molecule has 29 heavy (non-hydrogen) atoms. The third kappa shape index (κ3) is 3.73. The normalized spacial score (nSPS) is 16.3. The highest BCUT2D eigenvalue weighted by Crippen LogP contribution is 2.38. The van der Waals surface area contributed by atoms with Crippen LogP contribution in [0.4, 0.5) is 11.4 Å². The molecule has 0 fully saturated rings. The Kier molecular flexibility index (Phi) is 5.05.